The maximum atomic E-state index is 12.8. The lowest BCUT2D eigenvalue weighted by atomic mass is 9.86. The molecule has 1 N–H and O–H groups in total. The molecule has 0 saturated carbocycles. The van der Waals surface area contributed by atoms with E-state index in [1.165, 1.54) is 5.56 Å². The normalized spacial score (nSPS) is 15.3. The second-order valence-electron chi connectivity index (χ2n) is 8.43. The van der Waals surface area contributed by atoms with Gasteiger partial charge in [0.15, 0.2) is 0 Å². The highest BCUT2D eigenvalue weighted by molar-refractivity contribution is 5.94. The molecule has 3 rings (SSSR count). The smallest absolute Gasteiger partial charge is 0.253 e. The van der Waals surface area contributed by atoms with E-state index in [1.54, 1.807) is 6.20 Å². The van der Waals surface area contributed by atoms with E-state index in [0.29, 0.717) is 38.0 Å². The van der Waals surface area contributed by atoms with Gasteiger partial charge in [-0.05, 0) is 48.1 Å². The van der Waals surface area contributed by atoms with Crippen molar-refractivity contribution in [3.05, 3.63) is 65.5 Å². The quantitative estimate of drug-likeness (QED) is 0.884. The summed E-state index contributed by atoms with van der Waals surface area (Å²) in [7, 11) is 0. The summed E-state index contributed by atoms with van der Waals surface area (Å²) in [6.45, 7) is 8.15. The first-order valence-corrected chi connectivity index (χ1v) is 9.92. The van der Waals surface area contributed by atoms with Crippen molar-refractivity contribution in [2.24, 2.45) is 5.92 Å². The lowest BCUT2D eigenvalue weighted by molar-refractivity contribution is -0.126. The zero-order valence-electron chi connectivity index (χ0n) is 16.9. The Kier molecular flexibility index (Phi) is 6.12. The highest BCUT2D eigenvalue weighted by Crippen LogP contribution is 2.24. The first-order valence-electron chi connectivity index (χ1n) is 9.92. The van der Waals surface area contributed by atoms with Gasteiger partial charge in [-0.3, -0.25) is 14.6 Å². The Morgan fingerprint density at radius 3 is 2.32 bits per heavy atom. The van der Waals surface area contributed by atoms with Crippen LogP contribution in [0.15, 0.2) is 48.7 Å². The minimum absolute atomic E-state index is 0.0453. The number of likely N-dealkylation sites (tertiary alicyclic amines) is 1. The molecule has 1 aromatic carbocycles. The van der Waals surface area contributed by atoms with Crippen molar-refractivity contribution < 1.29 is 9.59 Å². The number of hydrogen-bond donors (Lipinski definition) is 1. The maximum Gasteiger partial charge on any atom is 0.253 e. The minimum atomic E-state index is -0.0453. The predicted octanol–water partition coefficient (Wildman–Crippen LogP) is 3.55. The van der Waals surface area contributed by atoms with E-state index in [1.807, 2.05) is 47.4 Å². The number of benzene rings is 1. The lowest BCUT2D eigenvalue weighted by Crippen LogP contribution is -2.43. The van der Waals surface area contributed by atoms with Crippen molar-refractivity contribution in [1.82, 2.24) is 15.2 Å². The highest BCUT2D eigenvalue weighted by atomic mass is 16.2. The van der Waals surface area contributed by atoms with Gasteiger partial charge in [-0.15, -0.1) is 0 Å². The SMILES string of the molecule is CC(C)(C)c1ccc(C(=O)N2CCC(C(=O)NCc3ccccn3)CC2)cc1. The van der Waals surface area contributed by atoms with Crippen LogP contribution in [0.3, 0.4) is 0 Å². The number of pyridine rings is 1. The monoisotopic (exact) mass is 379 g/mol. The Balaban J connectivity index is 1.50. The molecular formula is C23H29N3O2. The van der Waals surface area contributed by atoms with E-state index in [-0.39, 0.29) is 23.1 Å². The molecule has 2 heterocycles. The molecule has 0 spiro atoms. The zero-order chi connectivity index (χ0) is 20.1. The minimum Gasteiger partial charge on any atom is -0.350 e. The Morgan fingerprint density at radius 2 is 1.75 bits per heavy atom. The van der Waals surface area contributed by atoms with Crippen molar-refractivity contribution in [1.29, 1.82) is 0 Å². The molecule has 2 aromatic rings. The Bertz CT molecular complexity index is 802. The number of piperidine rings is 1. The predicted molar refractivity (Wildman–Crippen MR) is 110 cm³/mol. The third-order valence-corrected chi connectivity index (χ3v) is 5.32. The summed E-state index contributed by atoms with van der Waals surface area (Å²) in [5.74, 6) is 0.0520. The number of aromatic nitrogens is 1. The van der Waals surface area contributed by atoms with Crippen LogP contribution in [0.25, 0.3) is 0 Å². The third-order valence-electron chi connectivity index (χ3n) is 5.32. The molecule has 148 valence electrons. The average Bonchev–Trinajstić information content (AvgIpc) is 2.72. The summed E-state index contributed by atoms with van der Waals surface area (Å²) in [4.78, 5) is 31.2. The molecule has 1 fully saturated rings. The van der Waals surface area contributed by atoms with Gasteiger partial charge >= 0.3 is 0 Å². The number of nitrogens with zero attached hydrogens (tertiary/aromatic N) is 2. The number of hydrogen-bond acceptors (Lipinski definition) is 3. The summed E-state index contributed by atoms with van der Waals surface area (Å²) in [5.41, 5.74) is 2.85. The molecule has 0 atom stereocenters. The van der Waals surface area contributed by atoms with Crippen LogP contribution in [0, 0.1) is 5.92 Å². The fourth-order valence-electron chi connectivity index (χ4n) is 3.46. The lowest BCUT2D eigenvalue weighted by Gasteiger charge is -2.31. The van der Waals surface area contributed by atoms with Crippen LogP contribution in [0.2, 0.25) is 0 Å². The average molecular weight is 380 g/mol. The molecule has 0 bridgehead atoms. The fourth-order valence-corrected chi connectivity index (χ4v) is 3.46. The molecule has 1 aromatic heterocycles. The van der Waals surface area contributed by atoms with Crippen LogP contribution >= 0.6 is 0 Å². The maximum absolute atomic E-state index is 12.8. The highest BCUT2D eigenvalue weighted by Gasteiger charge is 2.28. The largest absolute Gasteiger partial charge is 0.350 e. The van der Waals surface area contributed by atoms with Gasteiger partial charge < -0.3 is 10.2 Å². The van der Waals surface area contributed by atoms with Gasteiger partial charge in [0.2, 0.25) is 5.91 Å². The van der Waals surface area contributed by atoms with E-state index in [9.17, 15) is 9.59 Å². The number of carbonyl (C=O) groups excluding carboxylic acids is 2. The molecule has 28 heavy (non-hydrogen) atoms. The van der Waals surface area contributed by atoms with Crippen LogP contribution in [0.4, 0.5) is 0 Å². The Morgan fingerprint density at radius 1 is 1.07 bits per heavy atom. The van der Waals surface area contributed by atoms with Crippen LogP contribution < -0.4 is 5.32 Å². The summed E-state index contributed by atoms with van der Waals surface area (Å²) < 4.78 is 0. The molecule has 1 aliphatic heterocycles. The van der Waals surface area contributed by atoms with Crippen molar-refractivity contribution in [2.75, 3.05) is 13.1 Å². The third kappa shape index (κ3) is 4.97. The second kappa shape index (κ2) is 8.55. The first-order chi connectivity index (χ1) is 13.3. The molecular weight excluding hydrogens is 350 g/mol. The van der Waals surface area contributed by atoms with Gasteiger partial charge in [-0.2, -0.15) is 0 Å². The first kappa shape index (κ1) is 20.1. The fraction of sp³-hybridized carbons (Fsp3) is 0.435. The van der Waals surface area contributed by atoms with Crippen molar-refractivity contribution in [3.8, 4) is 0 Å². The Labute approximate surface area is 167 Å². The molecule has 0 unspecified atom stereocenters. The standard InChI is InChI=1S/C23H29N3O2/c1-23(2,3)19-9-7-18(8-10-19)22(28)26-14-11-17(12-15-26)21(27)25-16-20-6-4-5-13-24-20/h4-10,13,17H,11-12,14-16H2,1-3H3,(H,25,27). The molecule has 2 amide bonds. The van der Waals surface area contributed by atoms with Gasteiger partial charge in [0.1, 0.15) is 0 Å². The van der Waals surface area contributed by atoms with Crippen LogP contribution in [-0.4, -0.2) is 34.8 Å². The van der Waals surface area contributed by atoms with Crippen molar-refractivity contribution in [3.63, 3.8) is 0 Å². The molecule has 5 nitrogen and oxygen atoms in total. The zero-order valence-corrected chi connectivity index (χ0v) is 16.9. The van der Waals surface area contributed by atoms with Gasteiger partial charge in [0, 0.05) is 30.8 Å². The van der Waals surface area contributed by atoms with Crippen LogP contribution in [0.1, 0.15) is 55.2 Å². The van der Waals surface area contributed by atoms with E-state index >= 15 is 0 Å². The van der Waals surface area contributed by atoms with E-state index in [0.717, 1.165) is 5.69 Å². The van der Waals surface area contributed by atoms with E-state index < -0.39 is 0 Å². The van der Waals surface area contributed by atoms with Crippen LogP contribution in [-0.2, 0) is 16.8 Å². The number of nitrogens with one attached hydrogen (secondary N) is 1. The molecule has 5 heteroatoms. The van der Waals surface area contributed by atoms with E-state index in [2.05, 4.69) is 31.1 Å². The van der Waals surface area contributed by atoms with Crippen LogP contribution in [0.5, 0.6) is 0 Å². The summed E-state index contributed by atoms with van der Waals surface area (Å²) in [6, 6.07) is 13.5. The number of rotatable bonds is 4. The van der Waals surface area contributed by atoms with Gasteiger partial charge in [-0.1, -0.05) is 39.0 Å². The summed E-state index contributed by atoms with van der Waals surface area (Å²) >= 11 is 0. The topological polar surface area (TPSA) is 62.3 Å². The summed E-state index contributed by atoms with van der Waals surface area (Å²) in [5, 5.41) is 2.96. The second-order valence-corrected chi connectivity index (χ2v) is 8.43. The molecule has 0 aliphatic carbocycles. The van der Waals surface area contributed by atoms with Gasteiger partial charge in [-0.25, -0.2) is 0 Å². The number of amides is 2. The summed E-state index contributed by atoms with van der Waals surface area (Å²) in [6.07, 6.45) is 3.11. The van der Waals surface area contributed by atoms with Crippen molar-refractivity contribution in [2.45, 2.75) is 45.6 Å². The molecule has 0 radical (unpaired) electrons. The molecule has 1 aliphatic rings. The number of carbonyl (C=O) groups is 2. The van der Waals surface area contributed by atoms with Crippen molar-refractivity contribution >= 4 is 11.8 Å². The van der Waals surface area contributed by atoms with Gasteiger partial charge in [0.05, 0.1) is 12.2 Å². The molecule has 1 saturated heterocycles. The van der Waals surface area contributed by atoms with E-state index in [4.69, 9.17) is 0 Å². The Hall–Kier alpha value is -2.69. The van der Waals surface area contributed by atoms with Gasteiger partial charge in [0.25, 0.3) is 5.91 Å².